The molecule has 0 fully saturated rings. The largest absolute Gasteiger partial charge is 0.462 e. The van der Waals surface area contributed by atoms with Crippen LogP contribution in [0.2, 0.25) is 0 Å². The molecule has 124 valence electrons. The van der Waals surface area contributed by atoms with E-state index < -0.39 is 16.0 Å². The average molecular weight is 483 g/mol. The van der Waals surface area contributed by atoms with Crippen molar-refractivity contribution in [1.29, 1.82) is 0 Å². The fraction of sp³-hybridized carbons (Fsp3) is 0.214. The molecule has 0 aliphatic carbocycles. The van der Waals surface area contributed by atoms with E-state index in [1.807, 2.05) is 6.92 Å². The molecule has 0 radical (unpaired) electrons. The number of rotatable bonds is 6. The summed E-state index contributed by atoms with van der Waals surface area (Å²) in [4.78, 5) is 11.7. The predicted molar refractivity (Wildman–Crippen MR) is 97.5 cm³/mol. The SMILES string of the molecule is CCCOC(=O)c1ccc(NS(=O)(=O)c2cc(Br)c(Br)s2)cc1. The standard InChI is InChI=1S/C14H13Br2NO4S2/c1-2-7-21-14(18)9-3-5-10(6-4-9)17-23(19,20)12-8-11(15)13(16)22-12/h3-6,8,17H,2,7H2,1H3. The number of hydrogen-bond donors (Lipinski definition) is 1. The van der Waals surface area contributed by atoms with Gasteiger partial charge in [-0.15, -0.1) is 11.3 Å². The number of sulfonamides is 1. The van der Waals surface area contributed by atoms with Crippen LogP contribution in [0.5, 0.6) is 0 Å². The van der Waals surface area contributed by atoms with E-state index >= 15 is 0 Å². The molecule has 0 spiro atoms. The average Bonchev–Trinajstić information content (AvgIpc) is 2.85. The number of carbonyl (C=O) groups is 1. The van der Waals surface area contributed by atoms with Crippen molar-refractivity contribution in [3.8, 4) is 0 Å². The van der Waals surface area contributed by atoms with Gasteiger partial charge in [0.05, 0.1) is 16.0 Å². The number of hydrogen-bond acceptors (Lipinski definition) is 5. The normalized spacial score (nSPS) is 11.3. The Morgan fingerprint density at radius 1 is 1.26 bits per heavy atom. The lowest BCUT2D eigenvalue weighted by Crippen LogP contribution is -2.12. The molecule has 23 heavy (non-hydrogen) atoms. The van der Waals surface area contributed by atoms with Crippen molar-refractivity contribution in [1.82, 2.24) is 0 Å². The highest BCUT2D eigenvalue weighted by Gasteiger charge is 2.19. The summed E-state index contributed by atoms with van der Waals surface area (Å²) in [6, 6.07) is 7.62. The molecule has 0 saturated carbocycles. The van der Waals surface area contributed by atoms with Crippen LogP contribution in [-0.2, 0) is 14.8 Å². The molecule has 1 aromatic heterocycles. The quantitative estimate of drug-likeness (QED) is 0.608. The van der Waals surface area contributed by atoms with Crippen LogP contribution in [0.25, 0.3) is 0 Å². The maximum Gasteiger partial charge on any atom is 0.338 e. The van der Waals surface area contributed by atoms with E-state index in [0.29, 0.717) is 26.1 Å². The van der Waals surface area contributed by atoms with Crippen LogP contribution in [0.1, 0.15) is 23.7 Å². The molecule has 2 rings (SSSR count). The molecule has 5 nitrogen and oxygen atoms in total. The van der Waals surface area contributed by atoms with Gasteiger partial charge in [0, 0.05) is 10.2 Å². The van der Waals surface area contributed by atoms with Crippen molar-refractivity contribution in [3.05, 3.63) is 44.2 Å². The molecular weight excluding hydrogens is 470 g/mol. The van der Waals surface area contributed by atoms with E-state index in [1.165, 1.54) is 30.3 Å². The molecule has 0 saturated heterocycles. The minimum Gasteiger partial charge on any atom is -0.462 e. The maximum absolute atomic E-state index is 12.3. The maximum atomic E-state index is 12.3. The summed E-state index contributed by atoms with van der Waals surface area (Å²) in [7, 11) is -3.67. The van der Waals surface area contributed by atoms with Gasteiger partial charge in [-0.05, 0) is 68.6 Å². The molecule has 0 amide bonds. The zero-order valence-corrected chi connectivity index (χ0v) is 16.8. The Labute approximate surface area is 155 Å². The Hall–Kier alpha value is -0.900. The highest BCUT2D eigenvalue weighted by atomic mass is 79.9. The summed E-state index contributed by atoms with van der Waals surface area (Å²) in [6.45, 7) is 2.27. The number of thiophene rings is 1. The Kier molecular flexibility index (Phi) is 6.24. The molecule has 0 bridgehead atoms. The van der Waals surface area contributed by atoms with Crippen molar-refractivity contribution in [2.24, 2.45) is 0 Å². The van der Waals surface area contributed by atoms with Crippen LogP contribution in [0.15, 0.2) is 42.8 Å². The van der Waals surface area contributed by atoms with Gasteiger partial charge in [0.2, 0.25) is 0 Å². The summed E-state index contributed by atoms with van der Waals surface area (Å²) in [5.74, 6) is -0.424. The summed E-state index contributed by atoms with van der Waals surface area (Å²) in [6.07, 6.45) is 0.746. The zero-order valence-electron chi connectivity index (χ0n) is 12.0. The Morgan fingerprint density at radius 3 is 2.43 bits per heavy atom. The van der Waals surface area contributed by atoms with E-state index in [9.17, 15) is 13.2 Å². The molecule has 0 aliphatic rings. The Bertz CT molecular complexity index is 781. The van der Waals surface area contributed by atoms with E-state index in [4.69, 9.17) is 4.74 Å². The van der Waals surface area contributed by atoms with E-state index in [0.717, 1.165) is 17.8 Å². The summed E-state index contributed by atoms with van der Waals surface area (Å²) >= 11 is 7.63. The first kappa shape index (κ1) is 18.4. The predicted octanol–water partition coefficient (Wildman–Crippen LogP) is 4.64. The molecule has 0 unspecified atom stereocenters. The van der Waals surface area contributed by atoms with Crippen molar-refractivity contribution in [2.75, 3.05) is 11.3 Å². The molecule has 1 N–H and O–H groups in total. The van der Waals surface area contributed by atoms with E-state index in [1.54, 1.807) is 0 Å². The minimum atomic E-state index is -3.67. The molecule has 9 heteroatoms. The highest BCUT2D eigenvalue weighted by molar-refractivity contribution is 9.13. The molecule has 1 heterocycles. The lowest BCUT2D eigenvalue weighted by atomic mass is 10.2. The number of esters is 1. The smallest absolute Gasteiger partial charge is 0.338 e. The molecule has 1 aromatic carbocycles. The third kappa shape index (κ3) is 4.79. The highest BCUT2D eigenvalue weighted by Crippen LogP contribution is 2.35. The Morgan fingerprint density at radius 2 is 1.91 bits per heavy atom. The lowest BCUT2D eigenvalue weighted by Gasteiger charge is -2.07. The van der Waals surface area contributed by atoms with E-state index in [2.05, 4.69) is 36.6 Å². The van der Waals surface area contributed by atoms with Gasteiger partial charge in [-0.3, -0.25) is 4.72 Å². The van der Waals surface area contributed by atoms with E-state index in [-0.39, 0.29) is 4.21 Å². The van der Waals surface area contributed by atoms with Gasteiger partial charge in [-0.2, -0.15) is 0 Å². The van der Waals surface area contributed by atoms with Crippen molar-refractivity contribution in [3.63, 3.8) is 0 Å². The number of halogens is 2. The van der Waals surface area contributed by atoms with Gasteiger partial charge in [0.15, 0.2) is 0 Å². The van der Waals surface area contributed by atoms with Gasteiger partial charge in [0.25, 0.3) is 10.0 Å². The second-order valence-corrected chi connectivity index (χ2v) is 9.64. The Balaban J connectivity index is 2.12. The second-order valence-electron chi connectivity index (χ2n) is 4.51. The monoisotopic (exact) mass is 481 g/mol. The molecule has 0 atom stereocenters. The van der Waals surface area contributed by atoms with Crippen LogP contribution >= 0.6 is 43.2 Å². The number of carbonyl (C=O) groups excluding carboxylic acids is 1. The first-order chi connectivity index (χ1) is 10.8. The lowest BCUT2D eigenvalue weighted by molar-refractivity contribution is 0.0505. The van der Waals surface area contributed by atoms with Crippen molar-refractivity contribution in [2.45, 2.75) is 17.6 Å². The van der Waals surface area contributed by atoms with Gasteiger partial charge in [0.1, 0.15) is 4.21 Å². The summed E-state index contributed by atoms with van der Waals surface area (Å²) in [5, 5.41) is 0. The fourth-order valence-electron chi connectivity index (χ4n) is 1.62. The first-order valence-corrected chi connectivity index (χ1v) is 10.5. The van der Waals surface area contributed by atoms with Gasteiger partial charge in [-0.25, -0.2) is 13.2 Å². The van der Waals surface area contributed by atoms with Crippen LogP contribution in [0.4, 0.5) is 5.69 Å². The minimum absolute atomic E-state index is 0.183. The summed E-state index contributed by atoms with van der Waals surface area (Å²) in [5.41, 5.74) is 0.751. The molecular formula is C14H13Br2NO4S2. The van der Waals surface area contributed by atoms with Gasteiger partial charge < -0.3 is 4.74 Å². The zero-order chi connectivity index (χ0) is 17.0. The third-order valence-electron chi connectivity index (χ3n) is 2.70. The number of nitrogens with one attached hydrogen (secondary N) is 1. The van der Waals surface area contributed by atoms with Crippen molar-refractivity contribution >= 4 is 64.9 Å². The number of benzene rings is 1. The van der Waals surface area contributed by atoms with Crippen molar-refractivity contribution < 1.29 is 17.9 Å². The van der Waals surface area contributed by atoms with Crippen LogP contribution in [0, 0.1) is 0 Å². The first-order valence-electron chi connectivity index (χ1n) is 6.58. The number of anilines is 1. The fourth-order valence-corrected chi connectivity index (χ4v) is 5.49. The van der Waals surface area contributed by atoms with Gasteiger partial charge in [-0.1, -0.05) is 6.92 Å². The topological polar surface area (TPSA) is 72.5 Å². The van der Waals surface area contributed by atoms with Gasteiger partial charge >= 0.3 is 5.97 Å². The molecule has 2 aromatic rings. The van der Waals surface area contributed by atoms with Crippen LogP contribution in [-0.4, -0.2) is 21.0 Å². The molecule has 0 aliphatic heterocycles. The van der Waals surface area contributed by atoms with Crippen LogP contribution < -0.4 is 4.72 Å². The van der Waals surface area contributed by atoms with Crippen LogP contribution in [0.3, 0.4) is 0 Å². The third-order valence-corrected chi connectivity index (χ3v) is 7.81. The number of ether oxygens (including phenoxy) is 1. The summed E-state index contributed by atoms with van der Waals surface area (Å²) < 4.78 is 33.6. The second kappa shape index (κ2) is 7.78.